The number of pyridine rings is 1. The molecule has 31 heavy (non-hydrogen) atoms. The van der Waals surface area contributed by atoms with Crippen LogP contribution in [0.5, 0.6) is 0 Å². The summed E-state index contributed by atoms with van der Waals surface area (Å²) in [6, 6.07) is 21.0. The van der Waals surface area contributed by atoms with Gasteiger partial charge in [-0.05, 0) is 54.2 Å². The molecule has 2 N–H and O–H groups in total. The molecule has 1 aliphatic rings. The molecule has 1 aliphatic heterocycles. The second-order valence-corrected chi connectivity index (χ2v) is 8.32. The quantitative estimate of drug-likeness (QED) is 0.593. The number of hydrogen-bond acceptors (Lipinski definition) is 4. The number of nitrogens with one attached hydrogen (secondary N) is 1. The van der Waals surface area contributed by atoms with Crippen LogP contribution in [-0.2, 0) is 6.54 Å². The molecule has 0 saturated carbocycles. The van der Waals surface area contributed by atoms with E-state index in [1.165, 1.54) is 0 Å². The third kappa shape index (κ3) is 5.43. The predicted octanol–water partition coefficient (Wildman–Crippen LogP) is 4.62. The van der Waals surface area contributed by atoms with Crippen LogP contribution in [0.25, 0.3) is 0 Å². The molecule has 1 fully saturated rings. The largest absolute Gasteiger partial charge is 0.388 e. The van der Waals surface area contributed by atoms with Crippen molar-refractivity contribution in [2.75, 3.05) is 18.0 Å². The number of hydrogen-bond donors (Lipinski definition) is 2. The van der Waals surface area contributed by atoms with Gasteiger partial charge in [-0.15, -0.1) is 0 Å². The molecule has 4 rings (SSSR count). The minimum absolute atomic E-state index is 0.182. The zero-order valence-corrected chi connectivity index (χ0v) is 18.0. The van der Waals surface area contributed by atoms with Gasteiger partial charge in [0.1, 0.15) is 5.69 Å². The lowest BCUT2D eigenvalue weighted by atomic mass is 9.87. The van der Waals surface area contributed by atoms with Gasteiger partial charge in [-0.1, -0.05) is 54.1 Å². The Bertz CT molecular complexity index is 1000. The summed E-state index contributed by atoms with van der Waals surface area (Å²) < 4.78 is 0. The van der Waals surface area contributed by atoms with Gasteiger partial charge in [0.2, 0.25) is 0 Å². The van der Waals surface area contributed by atoms with Gasteiger partial charge in [0.25, 0.3) is 5.91 Å². The first-order valence-electron chi connectivity index (χ1n) is 10.6. The van der Waals surface area contributed by atoms with E-state index in [2.05, 4.69) is 15.2 Å². The number of nitrogens with zero attached hydrogens (tertiary/aromatic N) is 2. The van der Waals surface area contributed by atoms with E-state index in [-0.39, 0.29) is 11.8 Å². The third-order valence-electron chi connectivity index (χ3n) is 5.83. The molecule has 0 spiro atoms. The van der Waals surface area contributed by atoms with E-state index >= 15 is 0 Å². The lowest BCUT2D eigenvalue weighted by molar-refractivity contribution is 0.0930. The number of aliphatic hydroxyl groups is 1. The van der Waals surface area contributed by atoms with E-state index in [4.69, 9.17) is 11.6 Å². The Morgan fingerprint density at radius 3 is 2.52 bits per heavy atom. The molecular formula is C25H26ClN3O2. The Hall–Kier alpha value is -2.89. The molecule has 0 bridgehead atoms. The van der Waals surface area contributed by atoms with Crippen molar-refractivity contribution in [1.82, 2.24) is 10.3 Å². The van der Waals surface area contributed by atoms with Crippen LogP contribution in [0.3, 0.4) is 0 Å². The molecule has 1 unspecified atom stereocenters. The molecule has 2 aromatic carbocycles. The van der Waals surface area contributed by atoms with Gasteiger partial charge in [-0.3, -0.25) is 9.78 Å². The van der Waals surface area contributed by atoms with Crippen LogP contribution >= 0.6 is 11.6 Å². The highest BCUT2D eigenvalue weighted by Gasteiger charge is 2.26. The monoisotopic (exact) mass is 435 g/mol. The van der Waals surface area contributed by atoms with Gasteiger partial charge in [0.05, 0.1) is 6.10 Å². The van der Waals surface area contributed by atoms with Crippen LogP contribution in [0, 0.1) is 5.92 Å². The van der Waals surface area contributed by atoms with Crippen LogP contribution < -0.4 is 10.2 Å². The summed E-state index contributed by atoms with van der Waals surface area (Å²) in [5.41, 5.74) is 3.36. The molecule has 1 amide bonds. The molecular weight excluding hydrogens is 410 g/mol. The lowest BCUT2D eigenvalue weighted by Gasteiger charge is -2.35. The van der Waals surface area contributed by atoms with E-state index in [9.17, 15) is 9.90 Å². The van der Waals surface area contributed by atoms with Crippen molar-refractivity contribution >= 4 is 23.2 Å². The maximum absolute atomic E-state index is 12.5. The lowest BCUT2D eigenvalue weighted by Crippen LogP contribution is -2.36. The molecule has 3 aromatic rings. The van der Waals surface area contributed by atoms with Crippen LogP contribution in [-0.4, -0.2) is 29.1 Å². The molecule has 1 aromatic heterocycles. The Balaban J connectivity index is 1.34. The second kappa shape index (κ2) is 9.94. The molecule has 2 heterocycles. The Labute approximate surface area is 187 Å². The zero-order chi connectivity index (χ0) is 21.6. The maximum atomic E-state index is 12.5. The summed E-state index contributed by atoms with van der Waals surface area (Å²) in [4.78, 5) is 19.0. The molecule has 160 valence electrons. The smallest absolute Gasteiger partial charge is 0.270 e. The van der Waals surface area contributed by atoms with Gasteiger partial charge in [-0.2, -0.15) is 0 Å². The number of aromatic nitrogens is 1. The molecule has 0 aliphatic carbocycles. The van der Waals surface area contributed by atoms with Crippen LogP contribution in [0.4, 0.5) is 5.69 Å². The van der Waals surface area contributed by atoms with Crippen LogP contribution in [0.15, 0.2) is 72.9 Å². The van der Waals surface area contributed by atoms with E-state index < -0.39 is 6.10 Å². The number of carbonyl (C=O) groups is 1. The Morgan fingerprint density at radius 2 is 1.81 bits per heavy atom. The van der Waals surface area contributed by atoms with Gasteiger partial charge in [0, 0.05) is 36.5 Å². The fraction of sp³-hybridized carbons (Fsp3) is 0.280. The van der Waals surface area contributed by atoms with Gasteiger partial charge in [0.15, 0.2) is 0 Å². The number of anilines is 1. The van der Waals surface area contributed by atoms with Crippen molar-refractivity contribution in [3.63, 3.8) is 0 Å². The van der Waals surface area contributed by atoms with E-state index in [0.29, 0.717) is 17.3 Å². The van der Waals surface area contributed by atoms with Crippen molar-refractivity contribution in [3.8, 4) is 0 Å². The van der Waals surface area contributed by atoms with Crippen molar-refractivity contribution < 1.29 is 9.90 Å². The highest BCUT2D eigenvalue weighted by molar-refractivity contribution is 6.30. The summed E-state index contributed by atoms with van der Waals surface area (Å²) in [6.07, 6.45) is 2.95. The predicted molar refractivity (Wildman–Crippen MR) is 123 cm³/mol. The highest BCUT2D eigenvalue weighted by Crippen LogP contribution is 2.32. The van der Waals surface area contributed by atoms with Crippen molar-refractivity contribution in [2.24, 2.45) is 5.92 Å². The van der Waals surface area contributed by atoms with E-state index in [1.54, 1.807) is 6.20 Å². The van der Waals surface area contributed by atoms with Crippen molar-refractivity contribution in [3.05, 3.63) is 94.8 Å². The normalized spacial score (nSPS) is 15.5. The number of aliphatic hydroxyl groups excluding tert-OH is 1. The SMILES string of the molecule is O=C(NCc1ccccc1)c1cc(N2CCC(C(O)c3ccc(Cl)cc3)CC2)ccn1. The number of carbonyl (C=O) groups excluding carboxylic acids is 1. The summed E-state index contributed by atoms with van der Waals surface area (Å²) in [5, 5.41) is 14.3. The second-order valence-electron chi connectivity index (χ2n) is 7.89. The highest BCUT2D eigenvalue weighted by atomic mass is 35.5. The zero-order valence-electron chi connectivity index (χ0n) is 17.2. The molecule has 5 nitrogen and oxygen atoms in total. The molecule has 1 saturated heterocycles. The Kier molecular flexibility index (Phi) is 6.85. The third-order valence-corrected chi connectivity index (χ3v) is 6.09. The first kappa shape index (κ1) is 21.3. The summed E-state index contributed by atoms with van der Waals surface area (Å²) >= 11 is 5.95. The standard InChI is InChI=1S/C25H26ClN3O2/c26-21-8-6-19(7-9-21)24(30)20-11-14-29(15-12-20)22-10-13-27-23(16-22)25(31)28-17-18-4-2-1-3-5-18/h1-10,13,16,20,24,30H,11-12,14-15,17H2,(H,28,31). The molecule has 6 heteroatoms. The maximum Gasteiger partial charge on any atom is 0.270 e. The van der Waals surface area contributed by atoms with Crippen molar-refractivity contribution in [1.29, 1.82) is 0 Å². The Morgan fingerprint density at radius 1 is 1.10 bits per heavy atom. The number of amides is 1. The first-order valence-corrected chi connectivity index (χ1v) is 10.9. The van der Waals surface area contributed by atoms with Gasteiger partial charge >= 0.3 is 0 Å². The van der Waals surface area contributed by atoms with Crippen LogP contribution in [0.2, 0.25) is 5.02 Å². The minimum Gasteiger partial charge on any atom is -0.388 e. The summed E-state index contributed by atoms with van der Waals surface area (Å²) in [6.45, 7) is 2.12. The molecule has 0 radical (unpaired) electrons. The summed E-state index contributed by atoms with van der Waals surface area (Å²) in [7, 11) is 0. The molecule has 1 atom stereocenters. The minimum atomic E-state index is -0.490. The number of halogens is 1. The fourth-order valence-corrected chi connectivity index (χ4v) is 4.14. The topological polar surface area (TPSA) is 65.5 Å². The fourth-order valence-electron chi connectivity index (χ4n) is 4.01. The van der Waals surface area contributed by atoms with E-state index in [1.807, 2.05) is 66.7 Å². The van der Waals surface area contributed by atoms with E-state index in [0.717, 1.165) is 42.7 Å². The summed E-state index contributed by atoms with van der Waals surface area (Å²) in [5.74, 6) is 0.0200. The van der Waals surface area contributed by atoms with Gasteiger partial charge < -0.3 is 15.3 Å². The number of benzene rings is 2. The number of piperidine rings is 1. The van der Waals surface area contributed by atoms with Gasteiger partial charge in [-0.25, -0.2) is 0 Å². The number of rotatable bonds is 6. The average molecular weight is 436 g/mol. The average Bonchev–Trinajstić information content (AvgIpc) is 2.83. The van der Waals surface area contributed by atoms with Crippen LogP contribution in [0.1, 0.15) is 40.6 Å². The first-order chi connectivity index (χ1) is 15.1. The van der Waals surface area contributed by atoms with Crippen molar-refractivity contribution in [2.45, 2.75) is 25.5 Å².